The van der Waals surface area contributed by atoms with Crippen LogP contribution in [-0.2, 0) is 19.4 Å². The molecule has 0 fully saturated rings. The first-order valence-electron chi connectivity index (χ1n) is 6.84. The van der Waals surface area contributed by atoms with Crippen LogP contribution in [0.2, 0.25) is 10.0 Å². The van der Waals surface area contributed by atoms with E-state index in [0.717, 1.165) is 34.4 Å². The van der Waals surface area contributed by atoms with Crippen LogP contribution in [0.1, 0.15) is 36.9 Å². The van der Waals surface area contributed by atoms with Crippen LogP contribution in [0.25, 0.3) is 0 Å². The number of aliphatic hydroxyl groups excluding tert-OH is 1. The number of rotatable bonds is 5. The Morgan fingerprint density at radius 1 is 1.33 bits per heavy atom. The molecule has 2 rings (SSSR count). The Morgan fingerprint density at radius 2 is 2.05 bits per heavy atom. The van der Waals surface area contributed by atoms with Crippen LogP contribution in [0.3, 0.4) is 0 Å². The van der Waals surface area contributed by atoms with Crippen LogP contribution in [0.15, 0.2) is 22.7 Å². The Hall–Kier alpha value is -0.550. The first kappa shape index (κ1) is 16.8. The molecular weight excluding hydrogens is 375 g/mol. The molecule has 0 aliphatic heterocycles. The van der Waals surface area contributed by atoms with Crippen LogP contribution in [0, 0.1) is 0 Å². The molecule has 114 valence electrons. The smallest absolute Gasteiger partial charge is 0.0856 e. The SMILES string of the molecule is CCc1nn(CC)c(CC(O)c2ccc(Cl)cc2Br)c1Cl. The average Bonchev–Trinajstić information content (AvgIpc) is 2.75. The van der Waals surface area contributed by atoms with E-state index in [9.17, 15) is 5.11 Å². The molecule has 0 spiro atoms. The van der Waals surface area contributed by atoms with E-state index < -0.39 is 6.10 Å². The fourth-order valence-electron chi connectivity index (χ4n) is 2.28. The predicted octanol–water partition coefficient (Wildman–Crippen LogP) is 4.81. The van der Waals surface area contributed by atoms with Gasteiger partial charge >= 0.3 is 0 Å². The topological polar surface area (TPSA) is 38.0 Å². The van der Waals surface area contributed by atoms with Gasteiger partial charge < -0.3 is 5.11 Å². The highest BCUT2D eigenvalue weighted by Crippen LogP contribution is 2.31. The second-order valence-electron chi connectivity index (χ2n) is 4.76. The number of nitrogens with zero attached hydrogens (tertiary/aromatic N) is 2. The van der Waals surface area contributed by atoms with E-state index in [1.165, 1.54) is 0 Å². The third-order valence-electron chi connectivity index (χ3n) is 3.40. The summed E-state index contributed by atoms with van der Waals surface area (Å²) in [7, 11) is 0. The molecule has 0 aliphatic carbocycles. The molecule has 2 aromatic rings. The van der Waals surface area contributed by atoms with Crippen LogP contribution in [0.4, 0.5) is 0 Å². The van der Waals surface area contributed by atoms with Crippen molar-refractivity contribution in [3.63, 3.8) is 0 Å². The minimum Gasteiger partial charge on any atom is -0.388 e. The third-order valence-corrected chi connectivity index (χ3v) is 4.76. The lowest BCUT2D eigenvalue weighted by atomic mass is 10.0. The summed E-state index contributed by atoms with van der Waals surface area (Å²) >= 11 is 15.7. The molecule has 21 heavy (non-hydrogen) atoms. The monoisotopic (exact) mass is 390 g/mol. The zero-order chi connectivity index (χ0) is 15.6. The maximum atomic E-state index is 10.5. The summed E-state index contributed by atoms with van der Waals surface area (Å²) in [5.74, 6) is 0. The highest BCUT2D eigenvalue weighted by Gasteiger charge is 2.20. The summed E-state index contributed by atoms with van der Waals surface area (Å²) in [5.41, 5.74) is 2.53. The van der Waals surface area contributed by atoms with Gasteiger partial charge in [0.15, 0.2) is 0 Å². The van der Waals surface area contributed by atoms with Gasteiger partial charge in [0.25, 0.3) is 0 Å². The van der Waals surface area contributed by atoms with Crippen molar-refractivity contribution in [2.45, 2.75) is 39.3 Å². The minimum absolute atomic E-state index is 0.417. The van der Waals surface area contributed by atoms with Crippen molar-refractivity contribution in [1.29, 1.82) is 0 Å². The van der Waals surface area contributed by atoms with Gasteiger partial charge in [0.05, 0.1) is 22.5 Å². The lowest BCUT2D eigenvalue weighted by Crippen LogP contribution is -2.09. The zero-order valence-electron chi connectivity index (χ0n) is 11.9. The van der Waals surface area contributed by atoms with Crippen molar-refractivity contribution in [2.75, 3.05) is 0 Å². The van der Waals surface area contributed by atoms with Crippen LogP contribution < -0.4 is 0 Å². The molecule has 0 bridgehead atoms. The van der Waals surface area contributed by atoms with Gasteiger partial charge in [0.2, 0.25) is 0 Å². The first-order valence-corrected chi connectivity index (χ1v) is 8.39. The Balaban J connectivity index is 2.31. The molecule has 1 aromatic carbocycles. The molecule has 1 aromatic heterocycles. The van der Waals surface area contributed by atoms with Crippen LogP contribution in [0.5, 0.6) is 0 Å². The second kappa shape index (κ2) is 7.14. The normalized spacial score (nSPS) is 12.7. The molecule has 1 unspecified atom stereocenters. The molecule has 0 radical (unpaired) electrons. The highest BCUT2D eigenvalue weighted by molar-refractivity contribution is 9.10. The van der Waals surface area contributed by atoms with Crippen LogP contribution >= 0.6 is 39.1 Å². The van der Waals surface area contributed by atoms with E-state index >= 15 is 0 Å². The number of aliphatic hydroxyl groups is 1. The lowest BCUT2D eigenvalue weighted by Gasteiger charge is -2.14. The first-order chi connectivity index (χ1) is 9.97. The number of aryl methyl sites for hydroxylation is 2. The molecule has 1 atom stereocenters. The summed E-state index contributed by atoms with van der Waals surface area (Å²) in [6.45, 7) is 4.75. The summed E-state index contributed by atoms with van der Waals surface area (Å²) in [5, 5.41) is 16.3. The predicted molar refractivity (Wildman–Crippen MR) is 90.1 cm³/mol. The average molecular weight is 392 g/mol. The summed E-state index contributed by atoms with van der Waals surface area (Å²) < 4.78 is 2.64. The highest BCUT2D eigenvalue weighted by atomic mass is 79.9. The van der Waals surface area contributed by atoms with Gasteiger partial charge in [-0.25, -0.2) is 0 Å². The standard InChI is InChI=1S/C15H17BrCl2N2O/c1-3-12-15(18)13(20(4-2)19-12)8-14(21)10-6-5-9(17)7-11(10)16/h5-7,14,21H,3-4,8H2,1-2H3. The van der Waals surface area contributed by atoms with E-state index in [4.69, 9.17) is 23.2 Å². The van der Waals surface area contributed by atoms with Gasteiger partial charge in [0, 0.05) is 22.5 Å². The minimum atomic E-state index is -0.666. The van der Waals surface area contributed by atoms with Crippen molar-refractivity contribution in [2.24, 2.45) is 0 Å². The van der Waals surface area contributed by atoms with E-state index in [0.29, 0.717) is 16.5 Å². The molecule has 3 nitrogen and oxygen atoms in total. The fourth-order valence-corrected chi connectivity index (χ4v) is 3.57. The second-order valence-corrected chi connectivity index (χ2v) is 6.43. The fraction of sp³-hybridized carbons (Fsp3) is 0.400. The molecule has 1 heterocycles. The maximum absolute atomic E-state index is 10.5. The molecule has 0 amide bonds. The number of benzene rings is 1. The van der Waals surface area contributed by atoms with Gasteiger partial charge in [-0.3, -0.25) is 4.68 Å². The zero-order valence-corrected chi connectivity index (χ0v) is 15.0. The van der Waals surface area contributed by atoms with Crippen molar-refractivity contribution < 1.29 is 5.11 Å². The van der Waals surface area contributed by atoms with E-state index in [1.54, 1.807) is 12.1 Å². The van der Waals surface area contributed by atoms with Crippen molar-refractivity contribution in [1.82, 2.24) is 9.78 Å². The Morgan fingerprint density at radius 3 is 2.62 bits per heavy atom. The van der Waals surface area contributed by atoms with E-state index in [1.807, 2.05) is 24.6 Å². The quantitative estimate of drug-likeness (QED) is 0.793. The number of halogens is 3. The van der Waals surface area contributed by atoms with Crippen LogP contribution in [-0.4, -0.2) is 14.9 Å². The summed E-state index contributed by atoms with van der Waals surface area (Å²) in [4.78, 5) is 0. The lowest BCUT2D eigenvalue weighted by molar-refractivity contribution is 0.174. The molecular formula is C15H17BrCl2N2O. The van der Waals surface area contributed by atoms with Crippen molar-refractivity contribution in [3.8, 4) is 0 Å². The van der Waals surface area contributed by atoms with Crippen molar-refractivity contribution in [3.05, 3.63) is 49.7 Å². The Bertz CT molecular complexity index is 643. The molecule has 0 aliphatic rings. The number of hydrogen-bond acceptors (Lipinski definition) is 2. The van der Waals surface area contributed by atoms with Gasteiger partial charge in [0.1, 0.15) is 0 Å². The Kier molecular flexibility index (Phi) is 5.72. The summed E-state index contributed by atoms with van der Waals surface area (Å²) in [6, 6.07) is 5.36. The van der Waals surface area contributed by atoms with Crippen molar-refractivity contribution >= 4 is 39.1 Å². The van der Waals surface area contributed by atoms with E-state index in [-0.39, 0.29) is 0 Å². The number of aromatic nitrogens is 2. The molecule has 0 saturated heterocycles. The van der Waals surface area contributed by atoms with Gasteiger partial charge in [-0.1, -0.05) is 52.1 Å². The number of hydrogen-bond donors (Lipinski definition) is 1. The van der Waals surface area contributed by atoms with Gasteiger partial charge in [-0.2, -0.15) is 5.10 Å². The maximum Gasteiger partial charge on any atom is 0.0856 e. The van der Waals surface area contributed by atoms with E-state index in [2.05, 4.69) is 21.0 Å². The summed E-state index contributed by atoms with van der Waals surface area (Å²) in [6.07, 6.45) is 0.528. The molecule has 6 heteroatoms. The largest absolute Gasteiger partial charge is 0.388 e. The van der Waals surface area contributed by atoms with Gasteiger partial charge in [-0.15, -0.1) is 0 Å². The Labute approximate surface area is 143 Å². The molecule has 0 saturated carbocycles. The molecule has 1 N–H and O–H groups in total. The van der Waals surface area contributed by atoms with Gasteiger partial charge in [-0.05, 0) is 31.0 Å². The third kappa shape index (κ3) is 3.62.